The molecule has 2 aliphatic carbocycles. The zero-order chi connectivity index (χ0) is 26.3. The lowest BCUT2D eigenvalue weighted by atomic mass is 9.77. The van der Waals surface area contributed by atoms with Crippen molar-refractivity contribution in [3.63, 3.8) is 0 Å². The van der Waals surface area contributed by atoms with Crippen molar-refractivity contribution >= 4 is 33.0 Å². The van der Waals surface area contributed by atoms with Crippen LogP contribution in [0.1, 0.15) is 36.0 Å². The van der Waals surface area contributed by atoms with Crippen molar-refractivity contribution in [2.45, 2.75) is 41.4 Å². The number of fused-ring (bicyclic) bond motifs is 2. The average Bonchev–Trinajstić information content (AvgIpc) is 3.11. The van der Waals surface area contributed by atoms with Gasteiger partial charge in [0, 0.05) is 23.4 Å². The van der Waals surface area contributed by atoms with Gasteiger partial charge in [0.25, 0.3) is 5.91 Å². The van der Waals surface area contributed by atoms with Crippen LogP contribution in [0.3, 0.4) is 0 Å². The van der Waals surface area contributed by atoms with E-state index in [9.17, 15) is 31.5 Å². The van der Waals surface area contributed by atoms with Gasteiger partial charge in [-0.3, -0.25) is 4.79 Å². The van der Waals surface area contributed by atoms with Crippen molar-refractivity contribution < 1.29 is 36.2 Å². The molecule has 0 aromatic heterocycles. The topological polar surface area (TPSA) is 92.7 Å². The van der Waals surface area contributed by atoms with Crippen LogP contribution in [0.25, 0.3) is 0 Å². The number of hydrogen-bond acceptors (Lipinski definition) is 5. The second kappa shape index (κ2) is 10.2. The third-order valence-electron chi connectivity index (χ3n) is 6.83. The molecule has 1 amide bonds. The van der Waals surface area contributed by atoms with Crippen LogP contribution in [-0.4, -0.2) is 43.5 Å². The van der Waals surface area contributed by atoms with Crippen molar-refractivity contribution in [2.24, 2.45) is 11.8 Å². The molecule has 36 heavy (non-hydrogen) atoms. The predicted molar refractivity (Wildman–Crippen MR) is 128 cm³/mol. The maximum absolute atomic E-state index is 13.7. The number of sulfone groups is 1. The van der Waals surface area contributed by atoms with Crippen LogP contribution in [0.4, 0.5) is 18.9 Å². The first-order valence-corrected chi connectivity index (χ1v) is 13.3. The first-order valence-electron chi connectivity index (χ1n) is 11.4. The van der Waals surface area contributed by atoms with Crippen molar-refractivity contribution in [1.29, 1.82) is 0 Å². The van der Waals surface area contributed by atoms with Crippen LogP contribution in [0.5, 0.6) is 0 Å². The van der Waals surface area contributed by atoms with Gasteiger partial charge in [-0.05, 0) is 55.7 Å². The molecule has 0 radical (unpaired) electrons. The Morgan fingerprint density at radius 2 is 1.78 bits per heavy atom. The fourth-order valence-corrected chi connectivity index (χ4v) is 8.28. The number of anilines is 1. The normalized spacial score (nSPS) is 25.5. The predicted octanol–water partition coefficient (Wildman–Crippen LogP) is 4.91. The molecule has 2 bridgehead atoms. The van der Waals surface area contributed by atoms with Gasteiger partial charge in [0.15, 0.2) is 27.3 Å². The van der Waals surface area contributed by atoms with Crippen LogP contribution in [0.2, 0.25) is 5.02 Å². The van der Waals surface area contributed by atoms with Gasteiger partial charge in [0.05, 0.1) is 34.0 Å². The highest BCUT2D eigenvalue weighted by Crippen LogP contribution is 2.51. The number of halogens is 4. The van der Waals surface area contributed by atoms with Gasteiger partial charge in [0.2, 0.25) is 0 Å². The zero-order valence-electron chi connectivity index (χ0n) is 19.1. The number of aliphatic hydroxyl groups is 1. The van der Waals surface area contributed by atoms with Gasteiger partial charge in [-0.2, -0.15) is 0 Å². The van der Waals surface area contributed by atoms with E-state index in [1.54, 1.807) is 6.08 Å². The zero-order valence-corrected chi connectivity index (χ0v) is 20.7. The molecule has 2 N–H and O–H groups in total. The molecule has 0 saturated heterocycles. The first-order chi connectivity index (χ1) is 16.9. The summed E-state index contributed by atoms with van der Waals surface area (Å²) in [5.74, 6) is -6.11. The monoisotopic (exact) mass is 543 g/mol. The van der Waals surface area contributed by atoms with Crippen LogP contribution in [-0.2, 0) is 14.6 Å². The van der Waals surface area contributed by atoms with E-state index in [0.29, 0.717) is 25.0 Å². The summed E-state index contributed by atoms with van der Waals surface area (Å²) >= 11 is 6.25. The molecular weight excluding hydrogens is 519 g/mol. The minimum Gasteiger partial charge on any atom is -0.387 e. The summed E-state index contributed by atoms with van der Waals surface area (Å²) in [5.41, 5.74) is -1.58. The smallest absolute Gasteiger partial charge is 0.255 e. The average molecular weight is 544 g/mol. The summed E-state index contributed by atoms with van der Waals surface area (Å²) in [5, 5.41) is 12.4. The maximum Gasteiger partial charge on any atom is 0.255 e. The minimum atomic E-state index is -4.00. The lowest BCUT2D eigenvalue weighted by Gasteiger charge is -2.40. The molecule has 0 spiro atoms. The number of ether oxygens (including phenoxy) is 1. The summed E-state index contributed by atoms with van der Waals surface area (Å²) in [6, 6.07) is 4.89. The van der Waals surface area contributed by atoms with Crippen LogP contribution >= 0.6 is 11.6 Å². The Morgan fingerprint density at radius 3 is 2.36 bits per heavy atom. The van der Waals surface area contributed by atoms with Gasteiger partial charge < -0.3 is 15.2 Å². The van der Waals surface area contributed by atoms with E-state index < -0.39 is 44.0 Å². The standard InChI is InChI=1S/C25H25ClF3NO5S/c1-2-7-35-13-25(32)11-15-3-4-16(12-25)23(15)36(33,34)21-8-14(5-6-18(21)26)24(31)30-17-9-19(27)22(29)20(28)10-17/h2,5-6,8-10,15-16,23,32H,1,3-4,7,11-13H2,(H,30,31)/t15-,16?,23+,25+/m0/s1. The molecule has 2 aliphatic rings. The van der Waals surface area contributed by atoms with Gasteiger partial charge in [-0.25, -0.2) is 21.6 Å². The molecule has 1 unspecified atom stereocenters. The lowest BCUT2D eigenvalue weighted by molar-refractivity contribution is -0.0778. The third-order valence-corrected chi connectivity index (χ3v) is 9.71. The van der Waals surface area contributed by atoms with Gasteiger partial charge >= 0.3 is 0 Å². The van der Waals surface area contributed by atoms with Gasteiger partial charge in [-0.15, -0.1) is 6.58 Å². The largest absolute Gasteiger partial charge is 0.387 e. The summed E-state index contributed by atoms with van der Waals surface area (Å²) in [6.45, 7) is 3.94. The molecule has 4 atom stereocenters. The Kier molecular flexibility index (Phi) is 7.52. The molecule has 11 heteroatoms. The summed E-state index contributed by atoms with van der Waals surface area (Å²) in [4.78, 5) is 12.5. The molecule has 6 nitrogen and oxygen atoms in total. The van der Waals surface area contributed by atoms with Crippen molar-refractivity contribution in [3.8, 4) is 0 Å². The molecule has 194 valence electrons. The van der Waals surface area contributed by atoms with Crippen molar-refractivity contribution in [2.75, 3.05) is 18.5 Å². The third kappa shape index (κ3) is 5.18. The number of carbonyl (C=O) groups excluding carboxylic acids is 1. The van der Waals surface area contributed by atoms with E-state index in [1.165, 1.54) is 12.1 Å². The molecule has 0 heterocycles. The van der Waals surface area contributed by atoms with E-state index in [1.807, 2.05) is 0 Å². The highest BCUT2D eigenvalue weighted by molar-refractivity contribution is 7.92. The molecular formula is C25H25ClF3NO5S. The fourth-order valence-electron chi connectivity index (χ4n) is 5.43. The SMILES string of the molecule is C=CCOC[C@]1(O)CC2CC[C@@H](C1)[C@H]2S(=O)(=O)c1cc(C(=O)Nc2cc(F)c(F)c(F)c2)ccc1Cl. The highest BCUT2D eigenvalue weighted by Gasteiger charge is 2.54. The number of nitrogens with one attached hydrogen (secondary N) is 1. The molecule has 2 aromatic rings. The van der Waals surface area contributed by atoms with E-state index in [2.05, 4.69) is 11.9 Å². The van der Waals surface area contributed by atoms with Crippen LogP contribution < -0.4 is 5.32 Å². The van der Waals surface area contributed by atoms with Crippen molar-refractivity contribution in [3.05, 3.63) is 71.0 Å². The number of benzene rings is 2. The van der Waals surface area contributed by atoms with Crippen molar-refractivity contribution in [1.82, 2.24) is 0 Å². The Labute approximate surface area is 212 Å². The second-order valence-corrected chi connectivity index (χ2v) is 11.9. The lowest BCUT2D eigenvalue weighted by Crippen LogP contribution is -2.48. The Morgan fingerprint density at radius 1 is 1.17 bits per heavy atom. The quantitative estimate of drug-likeness (QED) is 0.280. The Hall–Kier alpha value is -2.40. The molecule has 2 saturated carbocycles. The number of hydrogen-bond donors (Lipinski definition) is 2. The number of rotatable bonds is 8. The van der Waals surface area contributed by atoms with E-state index in [0.717, 1.165) is 6.07 Å². The Balaban J connectivity index is 1.57. The molecule has 2 aromatic carbocycles. The van der Waals surface area contributed by atoms with Gasteiger partial charge in [-0.1, -0.05) is 17.7 Å². The fraction of sp³-hybridized carbons (Fsp3) is 0.400. The maximum atomic E-state index is 13.7. The van der Waals surface area contributed by atoms with E-state index in [4.69, 9.17) is 16.3 Å². The summed E-state index contributed by atoms with van der Waals surface area (Å²) in [7, 11) is -4.00. The Bertz CT molecular complexity index is 1270. The molecule has 2 fully saturated rings. The van der Waals surface area contributed by atoms with E-state index in [-0.39, 0.29) is 59.1 Å². The number of amides is 1. The summed E-state index contributed by atoms with van der Waals surface area (Å²) in [6.07, 6.45) is 3.33. The molecule has 4 rings (SSSR count). The van der Waals surface area contributed by atoms with Gasteiger partial charge in [0.1, 0.15) is 0 Å². The first kappa shape index (κ1) is 26.7. The highest BCUT2D eigenvalue weighted by atomic mass is 35.5. The van der Waals surface area contributed by atoms with Crippen LogP contribution in [0.15, 0.2) is 47.9 Å². The minimum absolute atomic E-state index is 0.0695. The molecule has 0 aliphatic heterocycles. The summed E-state index contributed by atoms with van der Waals surface area (Å²) < 4.78 is 73.1. The van der Waals surface area contributed by atoms with E-state index >= 15 is 0 Å². The number of carbonyl (C=O) groups is 1. The van der Waals surface area contributed by atoms with Crippen LogP contribution in [0, 0.1) is 29.3 Å². The second-order valence-electron chi connectivity index (χ2n) is 9.40.